The Labute approximate surface area is 102 Å². The molecule has 1 aliphatic heterocycles. The molecule has 0 atom stereocenters. The molecule has 80 valence electrons. The quantitative estimate of drug-likeness (QED) is 0.723. The maximum atomic E-state index is 11.8. The Morgan fingerprint density at radius 2 is 2.00 bits per heavy atom. The number of carbonyl (C=O) groups is 1. The molecule has 0 saturated carbocycles. The second-order valence-corrected chi connectivity index (χ2v) is 5.03. The third-order valence-electron chi connectivity index (χ3n) is 3.07. The van der Waals surface area contributed by atoms with Crippen molar-refractivity contribution in [2.75, 3.05) is 7.05 Å². The van der Waals surface area contributed by atoms with Gasteiger partial charge in [0, 0.05) is 23.6 Å². The van der Waals surface area contributed by atoms with E-state index in [0.29, 0.717) is 6.54 Å². The summed E-state index contributed by atoms with van der Waals surface area (Å²) in [5, 5.41) is 2.36. The van der Waals surface area contributed by atoms with Gasteiger partial charge in [0.05, 0.1) is 0 Å². The van der Waals surface area contributed by atoms with E-state index in [2.05, 4.69) is 28.1 Å². The molecule has 0 N–H and O–H groups in total. The summed E-state index contributed by atoms with van der Waals surface area (Å²) in [4.78, 5) is 13.6. The van der Waals surface area contributed by atoms with Gasteiger partial charge in [-0.25, -0.2) is 0 Å². The molecule has 2 aromatic rings. The van der Waals surface area contributed by atoms with Crippen LogP contribution in [0.4, 0.5) is 0 Å². The molecule has 0 aliphatic carbocycles. The first-order valence-corrected chi connectivity index (χ1v) is 5.93. The number of halogens is 1. The third-order valence-corrected chi connectivity index (χ3v) is 3.56. The lowest BCUT2D eigenvalue weighted by molar-refractivity contribution is 0.0816. The Bertz CT molecular complexity index is 606. The lowest BCUT2D eigenvalue weighted by Crippen LogP contribution is -2.17. The van der Waals surface area contributed by atoms with E-state index < -0.39 is 0 Å². The first-order valence-electron chi connectivity index (χ1n) is 5.13. The zero-order valence-electron chi connectivity index (χ0n) is 8.83. The van der Waals surface area contributed by atoms with Gasteiger partial charge < -0.3 is 4.90 Å². The van der Waals surface area contributed by atoms with Crippen molar-refractivity contribution in [1.29, 1.82) is 0 Å². The average Bonchev–Trinajstić information content (AvgIpc) is 2.56. The van der Waals surface area contributed by atoms with E-state index in [-0.39, 0.29) is 5.91 Å². The van der Waals surface area contributed by atoms with Gasteiger partial charge in [-0.05, 0) is 34.5 Å². The first-order chi connectivity index (χ1) is 7.66. The molecular weight excluding hydrogens is 266 g/mol. The highest BCUT2D eigenvalue weighted by atomic mass is 79.9. The molecule has 2 aromatic carbocycles. The Kier molecular flexibility index (Phi) is 2.04. The van der Waals surface area contributed by atoms with Crippen LogP contribution in [0.2, 0.25) is 0 Å². The maximum absolute atomic E-state index is 11.8. The van der Waals surface area contributed by atoms with Crippen molar-refractivity contribution >= 4 is 32.6 Å². The highest BCUT2D eigenvalue weighted by molar-refractivity contribution is 9.10. The Balaban J connectivity index is 2.37. The van der Waals surface area contributed by atoms with Gasteiger partial charge in [-0.1, -0.05) is 28.1 Å². The van der Waals surface area contributed by atoms with Crippen LogP contribution in [0.15, 0.2) is 34.8 Å². The van der Waals surface area contributed by atoms with E-state index in [4.69, 9.17) is 0 Å². The molecule has 1 amide bonds. The van der Waals surface area contributed by atoms with Gasteiger partial charge in [0.15, 0.2) is 0 Å². The van der Waals surface area contributed by atoms with Crippen molar-refractivity contribution in [3.05, 3.63) is 45.9 Å². The molecule has 3 heteroatoms. The number of rotatable bonds is 0. The number of nitrogens with zero attached hydrogens (tertiary/aromatic N) is 1. The molecule has 3 rings (SSSR count). The fourth-order valence-electron chi connectivity index (χ4n) is 2.24. The third kappa shape index (κ3) is 1.28. The molecule has 0 saturated heterocycles. The van der Waals surface area contributed by atoms with E-state index in [1.54, 1.807) is 4.90 Å². The number of amides is 1. The largest absolute Gasteiger partial charge is 0.337 e. The molecule has 0 aromatic heterocycles. The van der Waals surface area contributed by atoms with Gasteiger partial charge in [0.1, 0.15) is 0 Å². The van der Waals surface area contributed by atoms with Crippen LogP contribution in [-0.4, -0.2) is 17.9 Å². The van der Waals surface area contributed by atoms with Crippen LogP contribution < -0.4 is 0 Å². The summed E-state index contributed by atoms with van der Waals surface area (Å²) in [6.45, 7) is 0.710. The highest BCUT2D eigenvalue weighted by Gasteiger charge is 2.25. The minimum atomic E-state index is 0.122. The lowest BCUT2D eigenvalue weighted by atomic mass is 10.0. The molecule has 0 unspecified atom stereocenters. The summed E-state index contributed by atoms with van der Waals surface area (Å²) >= 11 is 3.47. The Morgan fingerprint density at radius 3 is 2.81 bits per heavy atom. The maximum Gasteiger partial charge on any atom is 0.254 e. The molecule has 0 fully saturated rings. The van der Waals surface area contributed by atoms with Crippen molar-refractivity contribution in [3.63, 3.8) is 0 Å². The van der Waals surface area contributed by atoms with Crippen LogP contribution in [0, 0.1) is 0 Å². The summed E-state index contributed by atoms with van der Waals surface area (Å²) < 4.78 is 1.05. The van der Waals surface area contributed by atoms with Crippen LogP contribution in [-0.2, 0) is 6.54 Å². The van der Waals surface area contributed by atoms with E-state index in [0.717, 1.165) is 15.6 Å². The van der Waals surface area contributed by atoms with Gasteiger partial charge in [-0.2, -0.15) is 0 Å². The van der Waals surface area contributed by atoms with Crippen molar-refractivity contribution in [3.8, 4) is 0 Å². The molecule has 1 heterocycles. The van der Waals surface area contributed by atoms with Crippen LogP contribution in [0.5, 0.6) is 0 Å². The number of hydrogen-bond acceptors (Lipinski definition) is 1. The second-order valence-electron chi connectivity index (χ2n) is 4.12. The molecule has 0 radical (unpaired) electrons. The monoisotopic (exact) mass is 275 g/mol. The summed E-state index contributed by atoms with van der Waals surface area (Å²) in [5.74, 6) is 0.122. The number of fused-ring (bicyclic) bond motifs is 3. The zero-order chi connectivity index (χ0) is 11.3. The summed E-state index contributed by atoms with van der Waals surface area (Å²) in [7, 11) is 1.84. The molecule has 0 spiro atoms. The Morgan fingerprint density at radius 1 is 1.25 bits per heavy atom. The fraction of sp³-hybridized carbons (Fsp3) is 0.154. The van der Waals surface area contributed by atoms with Crippen LogP contribution in [0.1, 0.15) is 15.9 Å². The predicted molar refractivity (Wildman–Crippen MR) is 67.4 cm³/mol. The first kappa shape index (κ1) is 9.85. The van der Waals surface area contributed by atoms with E-state index >= 15 is 0 Å². The topological polar surface area (TPSA) is 20.3 Å². The normalized spacial score (nSPS) is 14.6. The molecule has 16 heavy (non-hydrogen) atoms. The predicted octanol–water partition coefficient (Wildman–Crippen LogP) is 3.19. The van der Waals surface area contributed by atoms with Gasteiger partial charge in [-0.15, -0.1) is 0 Å². The van der Waals surface area contributed by atoms with Crippen LogP contribution >= 0.6 is 15.9 Å². The number of hydrogen-bond donors (Lipinski definition) is 0. The van der Waals surface area contributed by atoms with Gasteiger partial charge in [0.2, 0.25) is 0 Å². The summed E-state index contributed by atoms with van der Waals surface area (Å²) in [6, 6.07) is 10.1. The number of carbonyl (C=O) groups excluding carboxylic acids is 1. The smallest absolute Gasteiger partial charge is 0.254 e. The van der Waals surface area contributed by atoms with Crippen molar-refractivity contribution in [2.24, 2.45) is 0 Å². The van der Waals surface area contributed by atoms with E-state index in [1.165, 1.54) is 10.8 Å². The number of benzene rings is 2. The van der Waals surface area contributed by atoms with Crippen molar-refractivity contribution in [1.82, 2.24) is 4.90 Å². The lowest BCUT2D eigenvalue weighted by Gasteiger charge is -2.05. The fourth-order valence-corrected chi connectivity index (χ4v) is 2.60. The van der Waals surface area contributed by atoms with Crippen LogP contribution in [0.25, 0.3) is 10.8 Å². The van der Waals surface area contributed by atoms with E-state index in [9.17, 15) is 4.79 Å². The van der Waals surface area contributed by atoms with Crippen molar-refractivity contribution < 1.29 is 4.79 Å². The Hall–Kier alpha value is -1.35. The van der Waals surface area contributed by atoms with Gasteiger partial charge >= 0.3 is 0 Å². The average molecular weight is 276 g/mol. The molecular formula is C13H10BrNO. The van der Waals surface area contributed by atoms with Gasteiger partial charge in [0.25, 0.3) is 5.91 Å². The summed E-state index contributed by atoms with van der Waals surface area (Å²) in [6.07, 6.45) is 0. The second kappa shape index (κ2) is 3.32. The summed E-state index contributed by atoms with van der Waals surface area (Å²) in [5.41, 5.74) is 1.99. The minimum absolute atomic E-state index is 0.122. The molecule has 2 nitrogen and oxygen atoms in total. The SMILES string of the molecule is CN1Cc2c(ccc3ccc(Br)cc23)C1=O. The molecule has 0 bridgehead atoms. The van der Waals surface area contributed by atoms with Gasteiger partial charge in [-0.3, -0.25) is 4.79 Å². The van der Waals surface area contributed by atoms with E-state index in [1.807, 2.05) is 25.2 Å². The minimum Gasteiger partial charge on any atom is -0.337 e. The standard InChI is InChI=1S/C13H10BrNO/c1-15-7-12-10(13(15)16)5-3-8-2-4-9(14)6-11(8)12/h2-6H,7H2,1H3. The van der Waals surface area contributed by atoms with Crippen LogP contribution in [0.3, 0.4) is 0 Å². The zero-order valence-corrected chi connectivity index (χ0v) is 10.4. The van der Waals surface area contributed by atoms with Crippen molar-refractivity contribution in [2.45, 2.75) is 6.54 Å². The highest BCUT2D eigenvalue weighted by Crippen LogP contribution is 2.31. The molecule has 1 aliphatic rings.